The van der Waals surface area contributed by atoms with Crippen LogP contribution in [0.1, 0.15) is 24.0 Å². The van der Waals surface area contributed by atoms with E-state index < -0.39 is 0 Å². The first kappa shape index (κ1) is 9.28. The fourth-order valence-corrected chi connectivity index (χ4v) is 1.46. The summed E-state index contributed by atoms with van der Waals surface area (Å²) in [7, 11) is 0. The van der Waals surface area contributed by atoms with Crippen LogP contribution in [0.25, 0.3) is 0 Å². The van der Waals surface area contributed by atoms with Gasteiger partial charge in [-0.3, -0.25) is 0 Å². The molecule has 1 nitrogen and oxygen atoms in total. The minimum absolute atomic E-state index is 0.404. The molecule has 0 fully saturated rings. The zero-order valence-corrected chi connectivity index (χ0v) is 8.51. The molecule has 0 saturated heterocycles. The van der Waals surface area contributed by atoms with Gasteiger partial charge in [0.25, 0.3) is 0 Å². The Morgan fingerprint density at radius 2 is 2.17 bits per heavy atom. The van der Waals surface area contributed by atoms with Crippen LogP contribution < -0.4 is 0 Å². The molecule has 0 radical (unpaired) electrons. The van der Waals surface area contributed by atoms with E-state index in [0.29, 0.717) is 5.92 Å². The lowest BCUT2D eigenvalue weighted by molar-refractivity contribution is 0.883. The molecule has 62 valence electrons. The number of alkyl halides is 1. The maximum Gasteiger partial charge on any atom is 0.0994 e. The molecule has 12 heavy (non-hydrogen) atoms. The van der Waals surface area contributed by atoms with Crippen molar-refractivity contribution in [2.45, 2.75) is 12.8 Å². The average Bonchev–Trinajstić information content (AvgIpc) is 2.16. The van der Waals surface area contributed by atoms with E-state index in [1.165, 1.54) is 0 Å². The molecule has 1 rings (SSSR count). The molecule has 1 unspecified atom stereocenters. The molecule has 0 heterocycles. The molecule has 0 aromatic heterocycles. The van der Waals surface area contributed by atoms with Gasteiger partial charge in [-0.2, -0.15) is 5.26 Å². The lowest BCUT2D eigenvalue weighted by atomic mass is 9.98. The molecule has 0 aliphatic heterocycles. The number of rotatable bonds is 2. The van der Waals surface area contributed by atoms with Gasteiger partial charge in [-0.1, -0.05) is 41.1 Å². The van der Waals surface area contributed by atoms with Crippen LogP contribution in [-0.4, -0.2) is 5.33 Å². The second kappa shape index (κ2) is 4.27. The summed E-state index contributed by atoms with van der Waals surface area (Å²) < 4.78 is 0. The number of halogens is 1. The summed E-state index contributed by atoms with van der Waals surface area (Å²) in [5.74, 6) is 0.404. The standard InChI is InChI=1S/C10H10BrN/c1-8(6-11)10-5-3-2-4-9(10)7-12/h2-5,8H,6H2,1H3. The first-order chi connectivity index (χ1) is 5.79. The maximum absolute atomic E-state index is 8.80. The van der Waals surface area contributed by atoms with Crippen molar-refractivity contribution in [3.05, 3.63) is 35.4 Å². The van der Waals surface area contributed by atoms with E-state index in [9.17, 15) is 0 Å². The van der Waals surface area contributed by atoms with Crippen molar-refractivity contribution in [2.75, 3.05) is 5.33 Å². The number of nitrogens with zero attached hydrogens (tertiary/aromatic N) is 1. The van der Waals surface area contributed by atoms with E-state index in [1.807, 2.05) is 24.3 Å². The predicted octanol–water partition coefficient (Wildman–Crippen LogP) is 3.06. The first-order valence-corrected chi connectivity index (χ1v) is 4.96. The molecule has 1 aromatic rings. The SMILES string of the molecule is CC(CBr)c1ccccc1C#N. The molecular weight excluding hydrogens is 214 g/mol. The van der Waals surface area contributed by atoms with E-state index in [4.69, 9.17) is 5.26 Å². The largest absolute Gasteiger partial charge is 0.192 e. The third-order valence-electron chi connectivity index (χ3n) is 1.84. The molecule has 0 amide bonds. The van der Waals surface area contributed by atoms with Crippen molar-refractivity contribution in [3.8, 4) is 6.07 Å². The zero-order chi connectivity index (χ0) is 8.97. The van der Waals surface area contributed by atoms with Gasteiger partial charge < -0.3 is 0 Å². The normalized spacial score (nSPS) is 12.1. The average molecular weight is 224 g/mol. The van der Waals surface area contributed by atoms with Crippen LogP contribution in [0.4, 0.5) is 0 Å². The quantitative estimate of drug-likeness (QED) is 0.708. The Kier molecular flexibility index (Phi) is 3.31. The molecule has 1 atom stereocenters. The first-order valence-electron chi connectivity index (χ1n) is 3.84. The van der Waals surface area contributed by atoms with Crippen molar-refractivity contribution in [1.82, 2.24) is 0 Å². The molecule has 1 aromatic carbocycles. The lowest BCUT2D eigenvalue weighted by Gasteiger charge is -2.08. The van der Waals surface area contributed by atoms with E-state index in [0.717, 1.165) is 16.5 Å². The van der Waals surface area contributed by atoms with E-state index in [-0.39, 0.29) is 0 Å². The summed E-state index contributed by atoms with van der Waals surface area (Å²) in [6.07, 6.45) is 0. The highest BCUT2D eigenvalue weighted by Gasteiger charge is 2.07. The van der Waals surface area contributed by atoms with Gasteiger partial charge in [0.05, 0.1) is 11.6 Å². The molecular formula is C10H10BrN. The summed E-state index contributed by atoms with van der Waals surface area (Å²) in [6.45, 7) is 2.10. The molecule has 0 saturated carbocycles. The number of hydrogen-bond acceptors (Lipinski definition) is 1. The van der Waals surface area contributed by atoms with Crippen LogP contribution in [0.5, 0.6) is 0 Å². The van der Waals surface area contributed by atoms with Gasteiger partial charge >= 0.3 is 0 Å². The van der Waals surface area contributed by atoms with Gasteiger partial charge in [-0.25, -0.2) is 0 Å². The zero-order valence-electron chi connectivity index (χ0n) is 6.92. The van der Waals surface area contributed by atoms with Crippen LogP contribution in [-0.2, 0) is 0 Å². The van der Waals surface area contributed by atoms with Crippen molar-refractivity contribution < 1.29 is 0 Å². The third-order valence-corrected chi connectivity index (χ3v) is 2.81. The Bertz CT molecular complexity index is 301. The maximum atomic E-state index is 8.80. The van der Waals surface area contributed by atoms with E-state index in [2.05, 4.69) is 28.9 Å². The summed E-state index contributed by atoms with van der Waals surface area (Å²) in [5, 5.41) is 9.69. The third kappa shape index (κ3) is 1.86. The van der Waals surface area contributed by atoms with Crippen molar-refractivity contribution in [1.29, 1.82) is 5.26 Å². The molecule has 2 heteroatoms. The Labute approximate surface area is 81.2 Å². The Balaban J connectivity index is 3.07. The van der Waals surface area contributed by atoms with Crippen LogP contribution in [0.3, 0.4) is 0 Å². The molecule has 0 aliphatic carbocycles. The van der Waals surface area contributed by atoms with Gasteiger partial charge in [-0.05, 0) is 17.5 Å². The van der Waals surface area contributed by atoms with Gasteiger partial charge in [0.1, 0.15) is 0 Å². The second-order valence-corrected chi connectivity index (χ2v) is 3.40. The smallest absolute Gasteiger partial charge is 0.0994 e. The fraction of sp³-hybridized carbons (Fsp3) is 0.300. The van der Waals surface area contributed by atoms with Crippen LogP contribution >= 0.6 is 15.9 Å². The summed E-state index contributed by atoms with van der Waals surface area (Å²) in [4.78, 5) is 0. The summed E-state index contributed by atoms with van der Waals surface area (Å²) in [6, 6.07) is 9.91. The predicted molar refractivity (Wildman–Crippen MR) is 53.4 cm³/mol. The second-order valence-electron chi connectivity index (χ2n) is 2.75. The summed E-state index contributed by atoms with van der Waals surface area (Å²) in [5.41, 5.74) is 1.90. The Morgan fingerprint density at radius 1 is 1.50 bits per heavy atom. The topological polar surface area (TPSA) is 23.8 Å². The highest BCUT2D eigenvalue weighted by Crippen LogP contribution is 2.20. The molecule has 0 aliphatic rings. The molecule has 0 spiro atoms. The highest BCUT2D eigenvalue weighted by molar-refractivity contribution is 9.09. The van der Waals surface area contributed by atoms with Crippen molar-refractivity contribution in [3.63, 3.8) is 0 Å². The van der Waals surface area contributed by atoms with Crippen molar-refractivity contribution in [2.24, 2.45) is 0 Å². The van der Waals surface area contributed by atoms with Crippen LogP contribution in [0.15, 0.2) is 24.3 Å². The van der Waals surface area contributed by atoms with Crippen LogP contribution in [0, 0.1) is 11.3 Å². The molecule has 0 bridgehead atoms. The van der Waals surface area contributed by atoms with E-state index in [1.54, 1.807) is 0 Å². The fourth-order valence-electron chi connectivity index (χ4n) is 1.11. The lowest BCUT2D eigenvalue weighted by Crippen LogP contribution is -1.97. The molecule has 0 N–H and O–H groups in total. The van der Waals surface area contributed by atoms with Gasteiger partial charge in [-0.15, -0.1) is 0 Å². The number of hydrogen-bond donors (Lipinski definition) is 0. The monoisotopic (exact) mass is 223 g/mol. The number of benzene rings is 1. The highest BCUT2D eigenvalue weighted by atomic mass is 79.9. The Hall–Kier alpha value is -0.810. The Morgan fingerprint density at radius 3 is 2.75 bits per heavy atom. The number of nitriles is 1. The van der Waals surface area contributed by atoms with E-state index >= 15 is 0 Å². The minimum Gasteiger partial charge on any atom is -0.192 e. The van der Waals surface area contributed by atoms with Gasteiger partial charge in [0, 0.05) is 5.33 Å². The van der Waals surface area contributed by atoms with Crippen molar-refractivity contribution >= 4 is 15.9 Å². The van der Waals surface area contributed by atoms with Gasteiger partial charge in [0.15, 0.2) is 0 Å². The van der Waals surface area contributed by atoms with Gasteiger partial charge in [0.2, 0.25) is 0 Å². The summed E-state index contributed by atoms with van der Waals surface area (Å²) >= 11 is 3.41. The minimum atomic E-state index is 0.404. The van der Waals surface area contributed by atoms with Crippen LogP contribution in [0.2, 0.25) is 0 Å².